The highest BCUT2D eigenvalue weighted by Gasteiger charge is 2.23. The summed E-state index contributed by atoms with van der Waals surface area (Å²) in [6.07, 6.45) is 2.53. The summed E-state index contributed by atoms with van der Waals surface area (Å²) >= 11 is 0. The first-order valence-electron chi connectivity index (χ1n) is 12.3. The molecule has 36 heavy (non-hydrogen) atoms. The van der Waals surface area contributed by atoms with Gasteiger partial charge in [0.2, 0.25) is 0 Å². The average molecular weight is 497 g/mol. The van der Waals surface area contributed by atoms with Crippen LogP contribution in [0.25, 0.3) is 0 Å². The molecule has 0 atom stereocenters. The molecule has 0 radical (unpaired) electrons. The third kappa shape index (κ3) is 11.2. The molecule has 3 rings (SSSR count). The molecule has 0 amide bonds. The van der Waals surface area contributed by atoms with Crippen molar-refractivity contribution in [3.63, 3.8) is 0 Å². The number of rotatable bonds is 9. The van der Waals surface area contributed by atoms with Crippen LogP contribution in [-0.4, -0.2) is 68.6 Å². The number of carbonyl (C=O) groups excluding carboxylic acids is 1. The lowest BCUT2D eigenvalue weighted by molar-refractivity contribution is -0.203. The van der Waals surface area contributed by atoms with Crippen LogP contribution in [0.3, 0.4) is 0 Å². The molecule has 0 unspecified atom stereocenters. The third-order valence-corrected chi connectivity index (χ3v) is 5.40. The summed E-state index contributed by atoms with van der Waals surface area (Å²) in [5, 5.41) is 9.07. The summed E-state index contributed by atoms with van der Waals surface area (Å²) < 4.78 is 16.4. The molecule has 1 aromatic heterocycles. The molecule has 8 nitrogen and oxygen atoms in total. The number of hydrogen-bond acceptors (Lipinski definition) is 8. The highest BCUT2D eigenvalue weighted by atomic mass is 16.7. The van der Waals surface area contributed by atoms with Gasteiger partial charge >= 0.3 is 0 Å². The Balaban J connectivity index is 0.000000572. The molecular formula is C28H40N4O4. The fourth-order valence-corrected chi connectivity index (χ4v) is 3.64. The van der Waals surface area contributed by atoms with Gasteiger partial charge in [0.1, 0.15) is 5.60 Å². The molecule has 1 saturated heterocycles. The Kier molecular flexibility index (Phi) is 11.8. The molecular weight excluding hydrogens is 456 g/mol. The van der Waals surface area contributed by atoms with Gasteiger partial charge in [-0.05, 0) is 77.7 Å². The van der Waals surface area contributed by atoms with Crippen LogP contribution in [0.1, 0.15) is 44.0 Å². The number of nitrogens with zero attached hydrogens (tertiary/aromatic N) is 4. The fourth-order valence-electron chi connectivity index (χ4n) is 3.64. The first kappa shape index (κ1) is 29.2. The minimum Gasteiger partial charge on any atom is -0.462 e. The zero-order valence-corrected chi connectivity index (χ0v) is 22.4. The number of hydrogen-bond donors (Lipinski definition) is 0. The van der Waals surface area contributed by atoms with Crippen LogP contribution >= 0.6 is 0 Å². The van der Waals surface area contributed by atoms with Crippen LogP contribution in [-0.2, 0) is 25.5 Å². The van der Waals surface area contributed by atoms with Crippen LogP contribution in [0.2, 0.25) is 0 Å². The quantitative estimate of drug-likeness (QED) is 0.478. The van der Waals surface area contributed by atoms with Gasteiger partial charge in [0.05, 0.1) is 24.8 Å². The van der Waals surface area contributed by atoms with Gasteiger partial charge in [0, 0.05) is 49.6 Å². The number of carbonyl (C=O) groups is 1. The first-order chi connectivity index (χ1) is 17.1. The summed E-state index contributed by atoms with van der Waals surface area (Å²) in [6.45, 7) is 11.9. The maximum Gasteiger partial charge on any atom is 0.293 e. The number of benzene rings is 1. The molecule has 8 heteroatoms. The Bertz CT molecular complexity index is 942. The van der Waals surface area contributed by atoms with Crippen molar-refractivity contribution in [3.05, 3.63) is 59.4 Å². The van der Waals surface area contributed by atoms with Gasteiger partial charge in [0.15, 0.2) is 6.29 Å². The standard InChI is InChI=1S/C23H30N4O2.C5H10O2/c1-18-4-5-20(13-25-18)15-27(22-8-6-19(12-24)7-9-22)11-10-23-28-16-21(17-29-23)14-26(2)3;1-5(2,3)7-4-6/h4-9,13,21,23H,10-11,14-17H2,1-3H3;4H,1-3H3. The molecule has 1 aliphatic heterocycles. The molecule has 196 valence electrons. The van der Waals surface area contributed by atoms with Crippen molar-refractivity contribution in [2.45, 2.75) is 52.6 Å². The van der Waals surface area contributed by atoms with E-state index in [-0.39, 0.29) is 11.9 Å². The second-order valence-corrected chi connectivity index (χ2v) is 10.2. The van der Waals surface area contributed by atoms with Crippen molar-refractivity contribution in [1.82, 2.24) is 9.88 Å². The molecule has 0 N–H and O–H groups in total. The van der Waals surface area contributed by atoms with E-state index >= 15 is 0 Å². The Morgan fingerprint density at radius 1 is 1.14 bits per heavy atom. The summed E-state index contributed by atoms with van der Waals surface area (Å²) in [6, 6.07) is 14.0. The largest absolute Gasteiger partial charge is 0.462 e. The zero-order valence-electron chi connectivity index (χ0n) is 22.4. The van der Waals surface area contributed by atoms with Gasteiger partial charge in [-0.1, -0.05) is 6.07 Å². The third-order valence-electron chi connectivity index (χ3n) is 5.40. The van der Waals surface area contributed by atoms with Crippen LogP contribution in [0.15, 0.2) is 42.6 Å². The van der Waals surface area contributed by atoms with E-state index < -0.39 is 0 Å². The second kappa shape index (κ2) is 14.5. The van der Waals surface area contributed by atoms with Crippen molar-refractivity contribution >= 4 is 12.2 Å². The topological polar surface area (TPSA) is 87.9 Å². The first-order valence-corrected chi connectivity index (χ1v) is 12.3. The van der Waals surface area contributed by atoms with Crippen LogP contribution in [0.4, 0.5) is 5.69 Å². The smallest absolute Gasteiger partial charge is 0.293 e. The van der Waals surface area contributed by atoms with Crippen molar-refractivity contribution in [2.75, 3.05) is 45.3 Å². The number of nitriles is 1. The average Bonchev–Trinajstić information content (AvgIpc) is 2.83. The lowest BCUT2D eigenvalue weighted by Gasteiger charge is -2.33. The Labute approximate surface area is 215 Å². The van der Waals surface area contributed by atoms with E-state index in [4.69, 9.17) is 14.7 Å². The Morgan fingerprint density at radius 2 is 1.81 bits per heavy atom. The summed E-state index contributed by atoms with van der Waals surface area (Å²) in [5.41, 5.74) is 3.58. The number of aromatic nitrogens is 1. The van der Waals surface area contributed by atoms with Crippen LogP contribution in [0.5, 0.6) is 0 Å². The van der Waals surface area contributed by atoms with Gasteiger partial charge in [-0.15, -0.1) is 0 Å². The summed E-state index contributed by atoms with van der Waals surface area (Å²) in [4.78, 5) is 18.5. The van der Waals surface area contributed by atoms with Crippen molar-refractivity contribution in [3.8, 4) is 6.07 Å². The van der Waals surface area contributed by atoms with E-state index in [1.54, 1.807) is 0 Å². The minimum absolute atomic E-state index is 0.176. The molecule has 1 fully saturated rings. The molecule has 0 aliphatic carbocycles. The molecule has 2 heterocycles. The number of ether oxygens (including phenoxy) is 3. The zero-order chi connectivity index (χ0) is 26.6. The van der Waals surface area contributed by atoms with Gasteiger partial charge < -0.3 is 24.0 Å². The molecule has 0 bridgehead atoms. The maximum atomic E-state index is 9.60. The molecule has 0 saturated carbocycles. The lowest BCUT2D eigenvalue weighted by atomic mass is 10.1. The second-order valence-electron chi connectivity index (χ2n) is 10.2. The number of anilines is 1. The van der Waals surface area contributed by atoms with E-state index in [1.807, 2.05) is 64.2 Å². The van der Waals surface area contributed by atoms with E-state index in [9.17, 15) is 4.79 Å². The summed E-state index contributed by atoms with van der Waals surface area (Å²) in [5.74, 6) is 0.425. The van der Waals surface area contributed by atoms with Gasteiger partial charge in [-0.25, -0.2) is 0 Å². The van der Waals surface area contributed by atoms with Gasteiger partial charge in [-0.2, -0.15) is 5.26 Å². The normalized spacial score (nSPS) is 17.5. The van der Waals surface area contributed by atoms with E-state index in [0.29, 0.717) is 18.0 Å². The molecule has 1 aromatic carbocycles. The number of pyridine rings is 1. The molecule has 1 aliphatic rings. The maximum absolute atomic E-state index is 9.60. The van der Waals surface area contributed by atoms with Crippen LogP contribution < -0.4 is 4.90 Å². The van der Waals surface area contributed by atoms with Crippen molar-refractivity contribution in [2.24, 2.45) is 5.92 Å². The monoisotopic (exact) mass is 496 g/mol. The minimum atomic E-state index is -0.318. The van der Waals surface area contributed by atoms with Gasteiger partial charge in [0.25, 0.3) is 6.47 Å². The fraction of sp³-hybridized carbons (Fsp3) is 0.536. The van der Waals surface area contributed by atoms with Crippen molar-refractivity contribution in [1.29, 1.82) is 5.26 Å². The highest BCUT2D eigenvalue weighted by Crippen LogP contribution is 2.21. The van der Waals surface area contributed by atoms with E-state index in [0.717, 1.165) is 56.2 Å². The Hall–Kier alpha value is -2.99. The molecule has 0 spiro atoms. The highest BCUT2D eigenvalue weighted by molar-refractivity contribution is 5.50. The van der Waals surface area contributed by atoms with E-state index in [1.165, 1.54) is 0 Å². The predicted octanol–water partition coefficient (Wildman–Crippen LogP) is 4.17. The van der Waals surface area contributed by atoms with Gasteiger partial charge in [-0.3, -0.25) is 9.78 Å². The predicted molar refractivity (Wildman–Crippen MR) is 140 cm³/mol. The van der Waals surface area contributed by atoms with E-state index in [2.05, 4.69) is 45.8 Å². The molecule has 2 aromatic rings. The van der Waals surface area contributed by atoms with Crippen molar-refractivity contribution < 1.29 is 19.0 Å². The SMILES string of the molecule is CC(C)(C)OC=O.Cc1ccc(CN(CCC2OCC(CN(C)C)CO2)c2ccc(C#N)cc2)cn1. The summed E-state index contributed by atoms with van der Waals surface area (Å²) in [7, 11) is 4.14. The van der Waals surface area contributed by atoms with Crippen LogP contribution in [0, 0.1) is 24.2 Å². The number of aryl methyl sites for hydroxylation is 1. The lowest BCUT2D eigenvalue weighted by Crippen LogP contribution is -2.39. The Morgan fingerprint density at radius 3 is 2.28 bits per heavy atom.